The molecule has 1 aromatic heterocycles. The van der Waals surface area contributed by atoms with Crippen molar-refractivity contribution >= 4 is 28.2 Å². The van der Waals surface area contributed by atoms with E-state index in [0.717, 1.165) is 0 Å². The van der Waals surface area contributed by atoms with Gasteiger partial charge in [0.05, 0.1) is 10.5 Å². The second-order valence-corrected chi connectivity index (χ2v) is 3.48. The molecule has 1 aromatic carbocycles. The van der Waals surface area contributed by atoms with Gasteiger partial charge in [0.1, 0.15) is 5.69 Å². The predicted molar refractivity (Wildman–Crippen MR) is 56.1 cm³/mol. The first kappa shape index (κ1) is 10.1. The summed E-state index contributed by atoms with van der Waals surface area (Å²) in [6.45, 7) is 0. The number of hydrogen-bond donors (Lipinski definition) is 1. The van der Waals surface area contributed by atoms with Crippen LogP contribution in [0.15, 0.2) is 24.3 Å². The van der Waals surface area contributed by atoms with Gasteiger partial charge in [0, 0.05) is 11.1 Å². The molecule has 0 atom stereocenters. The van der Waals surface area contributed by atoms with Crippen LogP contribution in [0.1, 0.15) is 12.1 Å². The number of nitrogens with two attached hydrogens (primary N) is 1. The molecule has 0 bridgehead atoms. The molecular weight excluding hydrogens is 222 g/mol. The van der Waals surface area contributed by atoms with E-state index in [0.29, 0.717) is 15.9 Å². The average Bonchev–Trinajstić information content (AvgIpc) is 2.19. The Morgan fingerprint density at radius 2 is 2.07 bits per heavy atom. The van der Waals surface area contributed by atoms with E-state index in [2.05, 4.69) is 4.98 Å². The van der Waals surface area contributed by atoms with Gasteiger partial charge >= 0.3 is 0 Å². The minimum atomic E-state index is -2.65. The number of nitrogens with zero attached hydrogens (tertiary/aromatic N) is 1. The van der Waals surface area contributed by atoms with Crippen LogP contribution in [0.2, 0.25) is 5.02 Å². The van der Waals surface area contributed by atoms with Gasteiger partial charge in [-0.15, -0.1) is 0 Å². The summed E-state index contributed by atoms with van der Waals surface area (Å²) in [6.07, 6.45) is -2.65. The molecule has 0 unspecified atom stereocenters. The van der Waals surface area contributed by atoms with Crippen LogP contribution in [0.5, 0.6) is 0 Å². The molecule has 5 heteroatoms. The van der Waals surface area contributed by atoms with Crippen molar-refractivity contribution < 1.29 is 8.78 Å². The van der Waals surface area contributed by atoms with E-state index in [1.165, 1.54) is 6.07 Å². The monoisotopic (exact) mass is 228 g/mol. The predicted octanol–water partition coefficient (Wildman–Crippen LogP) is 3.41. The van der Waals surface area contributed by atoms with Gasteiger partial charge in [0.15, 0.2) is 0 Å². The molecule has 0 aliphatic carbocycles. The first-order valence-corrected chi connectivity index (χ1v) is 4.60. The summed E-state index contributed by atoms with van der Waals surface area (Å²) in [4.78, 5) is 3.77. The molecule has 0 spiro atoms. The third kappa shape index (κ3) is 1.72. The summed E-state index contributed by atoms with van der Waals surface area (Å²) in [7, 11) is 0. The summed E-state index contributed by atoms with van der Waals surface area (Å²) < 4.78 is 24.9. The van der Waals surface area contributed by atoms with Crippen LogP contribution in [-0.4, -0.2) is 4.98 Å². The van der Waals surface area contributed by atoms with E-state index < -0.39 is 6.43 Å². The minimum absolute atomic E-state index is 0.262. The zero-order valence-corrected chi connectivity index (χ0v) is 8.30. The molecule has 0 aliphatic rings. The number of para-hydroxylation sites is 1. The highest BCUT2D eigenvalue weighted by atomic mass is 35.5. The number of pyridine rings is 1. The van der Waals surface area contributed by atoms with Crippen molar-refractivity contribution in [1.82, 2.24) is 4.98 Å². The molecule has 2 aromatic rings. The van der Waals surface area contributed by atoms with Crippen molar-refractivity contribution in [3.8, 4) is 0 Å². The van der Waals surface area contributed by atoms with E-state index >= 15 is 0 Å². The fraction of sp³-hybridized carbons (Fsp3) is 0.100. The summed E-state index contributed by atoms with van der Waals surface area (Å²) in [6, 6.07) is 6.15. The van der Waals surface area contributed by atoms with Crippen molar-refractivity contribution in [2.75, 3.05) is 5.73 Å². The second kappa shape index (κ2) is 3.62. The normalized spacial score (nSPS) is 11.2. The highest BCUT2D eigenvalue weighted by molar-refractivity contribution is 6.35. The minimum Gasteiger partial charge on any atom is -0.398 e. The number of halogens is 3. The Kier molecular flexibility index (Phi) is 2.44. The van der Waals surface area contributed by atoms with Gasteiger partial charge < -0.3 is 5.73 Å². The number of nitrogen functional groups attached to an aromatic ring is 1. The van der Waals surface area contributed by atoms with Crippen LogP contribution >= 0.6 is 11.6 Å². The lowest BCUT2D eigenvalue weighted by atomic mass is 10.1. The van der Waals surface area contributed by atoms with Crippen molar-refractivity contribution in [2.24, 2.45) is 0 Å². The lowest BCUT2D eigenvalue weighted by Crippen LogP contribution is -1.96. The fourth-order valence-corrected chi connectivity index (χ4v) is 1.59. The van der Waals surface area contributed by atoms with Gasteiger partial charge in [-0.25, -0.2) is 13.8 Å². The lowest BCUT2D eigenvalue weighted by Gasteiger charge is -2.06. The smallest absolute Gasteiger partial charge is 0.280 e. The highest BCUT2D eigenvalue weighted by Crippen LogP contribution is 2.29. The Morgan fingerprint density at radius 3 is 2.73 bits per heavy atom. The molecule has 0 saturated heterocycles. The Labute approximate surface area is 89.7 Å². The topological polar surface area (TPSA) is 38.9 Å². The lowest BCUT2D eigenvalue weighted by molar-refractivity contribution is 0.146. The van der Waals surface area contributed by atoms with E-state index in [4.69, 9.17) is 17.3 Å². The Morgan fingerprint density at radius 1 is 1.33 bits per heavy atom. The van der Waals surface area contributed by atoms with E-state index in [1.54, 1.807) is 18.2 Å². The van der Waals surface area contributed by atoms with Gasteiger partial charge in [-0.2, -0.15) is 0 Å². The van der Waals surface area contributed by atoms with E-state index in [-0.39, 0.29) is 11.4 Å². The third-order valence-electron chi connectivity index (χ3n) is 2.07. The number of fused-ring (bicyclic) bond motifs is 1. The summed E-state index contributed by atoms with van der Waals surface area (Å²) in [5.74, 6) is 0. The Bertz CT molecular complexity index is 514. The number of hydrogen-bond acceptors (Lipinski definition) is 2. The van der Waals surface area contributed by atoms with E-state index in [9.17, 15) is 8.78 Å². The molecule has 2 nitrogen and oxygen atoms in total. The van der Waals surface area contributed by atoms with Crippen LogP contribution in [0.4, 0.5) is 14.5 Å². The molecule has 0 amide bonds. The summed E-state index contributed by atoms with van der Waals surface area (Å²) in [5, 5.41) is 0.911. The number of anilines is 1. The molecule has 2 rings (SSSR count). The summed E-state index contributed by atoms with van der Waals surface area (Å²) >= 11 is 5.84. The summed E-state index contributed by atoms with van der Waals surface area (Å²) in [5.41, 5.74) is 5.85. The number of aromatic nitrogens is 1. The van der Waals surface area contributed by atoms with Crippen LogP contribution < -0.4 is 5.73 Å². The van der Waals surface area contributed by atoms with Gasteiger partial charge in [-0.1, -0.05) is 23.7 Å². The maximum absolute atomic E-state index is 12.4. The van der Waals surface area contributed by atoms with Crippen molar-refractivity contribution in [2.45, 2.75) is 6.43 Å². The van der Waals surface area contributed by atoms with Crippen LogP contribution in [0.3, 0.4) is 0 Å². The molecule has 2 N–H and O–H groups in total. The molecule has 1 heterocycles. The molecule has 0 aliphatic heterocycles. The van der Waals surface area contributed by atoms with E-state index in [1.807, 2.05) is 0 Å². The quantitative estimate of drug-likeness (QED) is 0.812. The molecule has 0 fully saturated rings. The zero-order chi connectivity index (χ0) is 11.0. The SMILES string of the molecule is Nc1cc(C(F)F)nc2c(Cl)cccc12. The molecule has 0 radical (unpaired) electrons. The first-order valence-electron chi connectivity index (χ1n) is 4.22. The van der Waals surface area contributed by atoms with Gasteiger partial charge in [-0.05, 0) is 12.1 Å². The maximum atomic E-state index is 12.4. The molecule has 0 saturated carbocycles. The van der Waals surface area contributed by atoms with Crippen molar-refractivity contribution in [3.05, 3.63) is 35.0 Å². The van der Waals surface area contributed by atoms with Crippen LogP contribution in [-0.2, 0) is 0 Å². The molecule has 15 heavy (non-hydrogen) atoms. The van der Waals surface area contributed by atoms with Gasteiger partial charge in [0.2, 0.25) is 0 Å². The maximum Gasteiger partial charge on any atom is 0.280 e. The number of benzene rings is 1. The average molecular weight is 229 g/mol. The molecular formula is C10H7ClF2N2. The second-order valence-electron chi connectivity index (χ2n) is 3.07. The number of alkyl halides is 2. The van der Waals surface area contributed by atoms with Gasteiger partial charge in [0.25, 0.3) is 6.43 Å². The van der Waals surface area contributed by atoms with Crippen molar-refractivity contribution in [1.29, 1.82) is 0 Å². The third-order valence-corrected chi connectivity index (χ3v) is 2.37. The zero-order valence-electron chi connectivity index (χ0n) is 7.55. The first-order chi connectivity index (χ1) is 7.09. The largest absolute Gasteiger partial charge is 0.398 e. The Balaban J connectivity index is 2.80. The standard InChI is InChI=1S/C10H7ClF2N2/c11-6-3-1-2-5-7(14)4-8(10(12)13)15-9(5)6/h1-4,10H,(H2,14,15). The molecule has 78 valence electrons. The Hall–Kier alpha value is -1.42. The number of rotatable bonds is 1. The fourth-order valence-electron chi connectivity index (χ4n) is 1.37. The van der Waals surface area contributed by atoms with Crippen LogP contribution in [0, 0.1) is 0 Å². The van der Waals surface area contributed by atoms with Crippen LogP contribution in [0.25, 0.3) is 10.9 Å². The van der Waals surface area contributed by atoms with Crippen molar-refractivity contribution in [3.63, 3.8) is 0 Å². The highest BCUT2D eigenvalue weighted by Gasteiger charge is 2.13. The van der Waals surface area contributed by atoms with Gasteiger partial charge in [-0.3, -0.25) is 0 Å².